The highest BCUT2D eigenvalue weighted by Crippen LogP contribution is 2.57. The van der Waals surface area contributed by atoms with Crippen molar-refractivity contribution in [2.75, 3.05) is 0 Å². The third-order valence-corrected chi connectivity index (χ3v) is 4.24. The first-order chi connectivity index (χ1) is 9.06. The molecular formula is C14H18BrFNO2P. The predicted molar refractivity (Wildman–Crippen MR) is 82.2 cm³/mol. The fourth-order valence-electron chi connectivity index (χ4n) is 2.47. The Morgan fingerprint density at radius 2 is 2.10 bits per heavy atom. The Balaban J connectivity index is 2.39. The minimum absolute atomic E-state index is 0.0647. The van der Waals surface area contributed by atoms with Crippen LogP contribution in [0.4, 0.5) is 4.39 Å². The van der Waals surface area contributed by atoms with Crippen LogP contribution in [0.25, 0.3) is 0 Å². The van der Waals surface area contributed by atoms with Crippen LogP contribution in [0, 0.1) is 0 Å². The van der Waals surface area contributed by atoms with E-state index in [4.69, 9.17) is 4.74 Å². The summed E-state index contributed by atoms with van der Waals surface area (Å²) in [4.78, 5) is 16.8. The van der Waals surface area contributed by atoms with E-state index in [1.165, 1.54) is 0 Å². The van der Waals surface area contributed by atoms with Gasteiger partial charge < -0.3 is 4.74 Å². The van der Waals surface area contributed by atoms with Crippen molar-refractivity contribution in [3.63, 3.8) is 0 Å². The first-order valence-electron chi connectivity index (χ1n) is 6.38. The van der Waals surface area contributed by atoms with Gasteiger partial charge in [-0.15, -0.1) is 0 Å². The molecule has 1 saturated carbocycles. The van der Waals surface area contributed by atoms with Crippen molar-refractivity contribution in [3.8, 4) is 0 Å². The number of esters is 1. The monoisotopic (exact) mass is 361 g/mol. The molecule has 0 amide bonds. The highest BCUT2D eigenvalue weighted by Gasteiger charge is 2.61. The van der Waals surface area contributed by atoms with Crippen molar-refractivity contribution in [1.82, 2.24) is 4.98 Å². The summed E-state index contributed by atoms with van der Waals surface area (Å²) < 4.78 is 20.2. The van der Waals surface area contributed by atoms with Gasteiger partial charge in [0.25, 0.3) is 0 Å². The number of halogens is 2. The Hall–Kier alpha value is -0.540. The van der Waals surface area contributed by atoms with Crippen molar-refractivity contribution in [3.05, 3.63) is 28.5 Å². The molecule has 2 rings (SSSR count). The fourth-order valence-corrected chi connectivity index (χ4v) is 3.81. The molecule has 0 saturated heterocycles. The van der Waals surface area contributed by atoms with Crippen LogP contribution in [0.3, 0.4) is 0 Å². The second kappa shape index (κ2) is 5.03. The third kappa shape index (κ3) is 3.04. The maximum atomic E-state index is 14.0. The molecule has 20 heavy (non-hydrogen) atoms. The van der Waals surface area contributed by atoms with Crippen molar-refractivity contribution >= 4 is 31.1 Å². The quantitative estimate of drug-likeness (QED) is 0.594. The summed E-state index contributed by atoms with van der Waals surface area (Å²) >= 11 is 3.39. The molecule has 1 aliphatic carbocycles. The summed E-state index contributed by atoms with van der Waals surface area (Å²) in [6, 6.07) is 3.56. The van der Waals surface area contributed by atoms with E-state index >= 15 is 0 Å². The molecule has 1 unspecified atom stereocenters. The summed E-state index contributed by atoms with van der Waals surface area (Å²) in [5.41, 5.74) is -1.07. The summed E-state index contributed by atoms with van der Waals surface area (Å²) in [5.74, 6) is -0.417. The van der Waals surface area contributed by atoms with Gasteiger partial charge in [0.05, 0.1) is 5.69 Å². The van der Waals surface area contributed by atoms with Crippen LogP contribution in [-0.4, -0.2) is 22.0 Å². The van der Waals surface area contributed by atoms with Gasteiger partial charge in [-0.3, -0.25) is 9.78 Å². The Bertz CT molecular complexity index is 534. The summed E-state index contributed by atoms with van der Waals surface area (Å²) in [5, 5.41) is -1.44. The molecule has 1 fully saturated rings. The largest absolute Gasteiger partial charge is 0.459 e. The molecule has 0 radical (unpaired) electrons. The van der Waals surface area contributed by atoms with Gasteiger partial charge in [0, 0.05) is 23.5 Å². The highest BCUT2D eigenvalue weighted by molar-refractivity contribution is 9.10. The maximum absolute atomic E-state index is 14.0. The van der Waals surface area contributed by atoms with Gasteiger partial charge in [0.15, 0.2) is 0 Å². The average Bonchev–Trinajstić information content (AvgIpc) is 2.23. The Morgan fingerprint density at radius 1 is 1.50 bits per heavy atom. The van der Waals surface area contributed by atoms with Crippen molar-refractivity contribution < 1.29 is 13.9 Å². The number of aromatic nitrogens is 1. The van der Waals surface area contributed by atoms with Gasteiger partial charge in [-0.2, -0.15) is 0 Å². The molecule has 6 heteroatoms. The molecule has 0 N–H and O–H groups in total. The molecule has 3 nitrogen and oxygen atoms in total. The zero-order valence-corrected chi connectivity index (χ0v) is 14.5. The van der Waals surface area contributed by atoms with E-state index in [2.05, 4.69) is 30.2 Å². The van der Waals surface area contributed by atoms with E-state index in [9.17, 15) is 9.18 Å². The number of carbonyl (C=O) groups excluding carboxylic acids is 1. The van der Waals surface area contributed by atoms with E-state index in [1.54, 1.807) is 39.1 Å². The summed E-state index contributed by atoms with van der Waals surface area (Å²) in [6.45, 7) is 5.40. The summed E-state index contributed by atoms with van der Waals surface area (Å²) in [6.07, 6.45) is 1.73. The molecule has 0 spiro atoms. The molecule has 1 aromatic rings. The number of hydrogen-bond donors (Lipinski definition) is 0. The van der Waals surface area contributed by atoms with Crippen LogP contribution in [0.15, 0.2) is 22.8 Å². The van der Waals surface area contributed by atoms with Crippen LogP contribution < -0.4 is 0 Å². The van der Waals surface area contributed by atoms with Crippen LogP contribution in [0.5, 0.6) is 0 Å². The van der Waals surface area contributed by atoms with E-state index in [1.807, 2.05) is 0 Å². The number of hydrogen-bond acceptors (Lipinski definition) is 3. The Kier molecular flexibility index (Phi) is 3.98. The number of nitrogens with zero attached hydrogens (tertiary/aromatic N) is 1. The molecule has 1 aliphatic rings. The topological polar surface area (TPSA) is 39.2 Å². The first kappa shape index (κ1) is 15.8. The first-order valence-corrected chi connectivity index (χ1v) is 7.75. The zero-order valence-electron chi connectivity index (χ0n) is 11.7. The fraction of sp³-hybridized carbons (Fsp3) is 0.571. The lowest BCUT2D eigenvalue weighted by Gasteiger charge is -2.48. The SMILES string of the molecule is CC(C)(C)OC(=O)C1(c2ncccc2Br)CC(F)(P)C1. The summed E-state index contributed by atoms with van der Waals surface area (Å²) in [7, 11) is 2.17. The van der Waals surface area contributed by atoms with E-state index < -0.39 is 22.4 Å². The molecule has 110 valence electrons. The minimum atomic E-state index is -1.44. The number of rotatable bonds is 2. The highest BCUT2D eigenvalue weighted by atomic mass is 79.9. The van der Waals surface area contributed by atoms with Gasteiger partial charge in [0.2, 0.25) is 0 Å². The number of ether oxygens (including phenoxy) is 1. The molecular weight excluding hydrogens is 344 g/mol. The average molecular weight is 362 g/mol. The number of alkyl halides is 1. The lowest BCUT2D eigenvalue weighted by atomic mass is 9.64. The lowest BCUT2D eigenvalue weighted by molar-refractivity contribution is -0.170. The molecule has 0 aromatic carbocycles. The van der Waals surface area contributed by atoms with E-state index in [0.717, 1.165) is 0 Å². The number of carbonyl (C=O) groups is 1. The van der Waals surface area contributed by atoms with Crippen LogP contribution in [-0.2, 0) is 14.9 Å². The van der Waals surface area contributed by atoms with Gasteiger partial charge in [0.1, 0.15) is 16.4 Å². The van der Waals surface area contributed by atoms with Crippen LogP contribution in [0.2, 0.25) is 0 Å². The zero-order chi connectivity index (χ0) is 15.2. The second-order valence-corrected chi connectivity index (χ2v) is 8.20. The third-order valence-electron chi connectivity index (χ3n) is 3.19. The predicted octanol–water partition coefficient (Wildman–Crippen LogP) is 3.76. The molecule has 1 heterocycles. The lowest BCUT2D eigenvalue weighted by Crippen LogP contribution is -2.56. The van der Waals surface area contributed by atoms with Crippen molar-refractivity contribution in [1.29, 1.82) is 0 Å². The normalized spacial score (nSPS) is 29.7. The minimum Gasteiger partial charge on any atom is -0.459 e. The van der Waals surface area contributed by atoms with Gasteiger partial charge >= 0.3 is 5.97 Å². The van der Waals surface area contributed by atoms with Crippen LogP contribution in [0.1, 0.15) is 39.3 Å². The Morgan fingerprint density at radius 3 is 2.55 bits per heavy atom. The van der Waals surface area contributed by atoms with Gasteiger partial charge in [-0.25, -0.2) is 4.39 Å². The number of pyridine rings is 1. The maximum Gasteiger partial charge on any atom is 0.319 e. The van der Waals surface area contributed by atoms with Crippen molar-refractivity contribution in [2.24, 2.45) is 0 Å². The van der Waals surface area contributed by atoms with Crippen molar-refractivity contribution in [2.45, 2.75) is 50.0 Å². The second-order valence-electron chi connectivity index (χ2n) is 6.31. The van der Waals surface area contributed by atoms with Crippen LogP contribution >= 0.6 is 25.2 Å². The molecule has 1 aromatic heterocycles. The molecule has 0 aliphatic heterocycles. The van der Waals surface area contributed by atoms with Gasteiger partial charge in [-0.05, 0) is 48.8 Å². The molecule has 1 atom stereocenters. The standard InChI is InChI=1S/C14H18BrFNO2P/c1-12(2,3)19-11(18)13(7-14(16,20)8-13)10-9(15)5-4-6-17-10/h4-6H,7-8,20H2,1-3H3. The van der Waals surface area contributed by atoms with E-state index in [0.29, 0.717) is 10.2 Å². The van der Waals surface area contributed by atoms with E-state index in [-0.39, 0.29) is 12.8 Å². The van der Waals surface area contributed by atoms with Gasteiger partial charge in [-0.1, -0.05) is 9.24 Å². The Labute approximate surface area is 129 Å². The molecule has 0 bridgehead atoms. The smallest absolute Gasteiger partial charge is 0.319 e.